The van der Waals surface area contributed by atoms with Gasteiger partial charge in [-0.1, -0.05) is 51.1 Å². The molecule has 35 heavy (non-hydrogen) atoms. The molecule has 0 spiro atoms. The number of hydrogen-bond acceptors (Lipinski definition) is 4. The first-order valence-corrected chi connectivity index (χ1v) is 11.6. The van der Waals surface area contributed by atoms with Crippen molar-refractivity contribution >= 4 is 11.9 Å². The van der Waals surface area contributed by atoms with Crippen LogP contribution in [-0.2, 0) is 14.9 Å². The lowest BCUT2D eigenvalue weighted by atomic mass is 9.70. The number of halogens is 2. The molecule has 1 aromatic heterocycles. The van der Waals surface area contributed by atoms with Gasteiger partial charge in [0.2, 0.25) is 0 Å². The van der Waals surface area contributed by atoms with Gasteiger partial charge in [-0.05, 0) is 41.9 Å². The quantitative estimate of drug-likeness (QED) is 0.525. The van der Waals surface area contributed by atoms with Gasteiger partial charge in [0.25, 0.3) is 5.91 Å². The van der Waals surface area contributed by atoms with Gasteiger partial charge in [0.1, 0.15) is 11.5 Å². The minimum atomic E-state index is -1.03. The van der Waals surface area contributed by atoms with Crippen LogP contribution in [0.5, 0.6) is 0 Å². The van der Waals surface area contributed by atoms with Crippen LogP contribution >= 0.6 is 0 Å². The zero-order valence-electron chi connectivity index (χ0n) is 20.1. The monoisotopic (exact) mass is 479 g/mol. The Hall–Kier alpha value is -3.55. The molecule has 0 aliphatic heterocycles. The summed E-state index contributed by atoms with van der Waals surface area (Å²) in [4.78, 5) is 26.2. The van der Waals surface area contributed by atoms with E-state index in [4.69, 9.17) is 4.74 Å². The molecule has 0 radical (unpaired) electrons. The Balaban J connectivity index is 1.64. The van der Waals surface area contributed by atoms with Crippen molar-refractivity contribution in [3.8, 4) is 5.69 Å². The van der Waals surface area contributed by atoms with E-state index in [0.717, 1.165) is 30.2 Å². The molecule has 5 rings (SSSR count). The molecule has 0 saturated heterocycles. The van der Waals surface area contributed by atoms with Gasteiger partial charge in [-0.25, -0.2) is 18.3 Å². The van der Waals surface area contributed by atoms with Crippen molar-refractivity contribution in [2.24, 2.45) is 5.41 Å². The molecule has 1 saturated carbocycles. The molecule has 2 aromatic carbocycles. The van der Waals surface area contributed by atoms with Gasteiger partial charge >= 0.3 is 5.97 Å². The highest BCUT2D eigenvalue weighted by molar-refractivity contribution is 5.97. The van der Waals surface area contributed by atoms with Crippen LogP contribution in [0.4, 0.5) is 8.78 Å². The van der Waals surface area contributed by atoms with Gasteiger partial charge in [-0.3, -0.25) is 4.79 Å². The van der Waals surface area contributed by atoms with Gasteiger partial charge in [-0.2, -0.15) is 5.10 Å². The fourth-order valence-electron chi connectivity index (χ4n) is 5.96. The summed E-state index contributed by atoms with van der Waals surface area (Å²) in [6, 6.07) is 11.1. The van der Waals surface area contributed by atoms with Crippen molar-refractivity contribution in [2.45, 2.75) is 51.0 Å². The summed E-state index contributed by atoms with van der Waals surface area (Å²) in [7, 11) is 1.26. The van der Waals surface area contributed by atoms with Crippen LogP contribution in [0.3, 0.4) is 0 Å². The predicted octanol–water partition coefficient (Wildman–Crippen LogP) is 4.97. The van der Waals surface area contributed by atoms with Crippen molar-refractivity contribution in [3.05, 3.63) is 82.7 Å². The third kappa shape index (κ3) is 3.30. The number of fused-ring (bicyclic) bond motifs is 5. The number of amides is 1. The molecule has 1 heterocycles. The molecule has 6 nitrogen and oxygen atoms in total. The largest absolute Gasteiger partial charge is 0.467 e. The number of nitrogens with one attached hydrogen (secondary N) is 1. The van der Waals surface area contributed by atoms with Crippen molar-refractivity contribution in [1.82, 2.24) is 15.1 Å². The molecule has 2 unspecified atom stereocenters. The van der Waals surface area contributed by atoms with Crippen molar-refractivity contribution in [1.29, 1.82) is 0 Å². The smallest absolute Gasteiger partial charge is 0.333 e. The highest BCUT2D eigenvalue weighted by Gasteiger charge is 2.63. The number of benzene rings is 2. The second kappa shape index (κ2) is 8.00. The van der Waals surface area contributed by atoms with E-state index < -0.39 is 29.6 Å². The summed E-state index contributed by atoms with van der Waals surface area (Å²) in [5.41, 5.74) is 1.77. The summed E-state index contributed by atoms with van der Waals surface area (Å²) >= 11 is 0. The molecule has 182 valence electrons. The average molecular weight is 480 g/mol. The van der Waals surface area contributed by atoms with Gasteiger partial charge in [0.05, 0.1) is 12.8 Å². The molecule has 2 aliphatic rings. The Morgan fingerprint density at radius 3 is 2.51 bits per heavy atom. The number of aromatic nitrogens is 2. The van der Waals surface area contributed by atoms with Crippen molar-refractivity contribution in [3.63, 3.8) is 0 Å². The third-order valence-corrected chi connectivity index (χ3v) is 8.22. The van der Waals surface area contributed by atoms with E-state index in [-0.39, 0.29) is 28.1 Å². The zero-order chi connectivity index (χ0) is 25.1. The van der Waals surface area contributed by atoms with Gasteiger partial charge < -0.3 is 10.1 Å². The summed E-state index contributed by atoms with van der Waals surface area (Å²) in [5.74, 6) is -2.57. The van der Waals surface area contributed by atoms with Gasteiger partial charge in [0, 0.05) is 17.0 Å². The molecule has 2 aliphatic carbocycles. The second-order valence-corrected chi connectivity index (χ2v) is 10.1. The third-order valence-electron chi connectivity index (χ3n) is 8.22. The summed E-state index contributed by atoms with van der Waals surface area (Å²) in [6.45, 7) is 6.42. The molecule has 3 aromatic rings. The first kappa shape index (κ1) is 23.2. The topological polar surface area (TPSA) is 73.2 Å². The van der Waals surface area contributed by atoms with Gasteiger partial charge in [0.15, 0.2) is 17.6 Å². The maximum atomic E-state index is 14.9. The maximum absolute atomic E-state index is 14.9. The number of esters is 1. The number of ether oxygens (including phenoxy) is 1. The van der Waals surface area contributed by atoms with E-state index in [1.165, 1.54) is 23.9 Å². The normalized spacial score (nSPS) is 22.5. The molecule has 3 atom stereocenters. The molecular weight excluding hydrogens is 452 g/mol. The molecular formula is C27H27F2N3O3. The van der Waals surface area contributed by atoms with E-state index in [9.17, 15) is 18.4 Å². The Morgan fingerprint density at radius 2 is 1.86 bits per heavy atom. The standard InChI is InChI=1S/C27H27F2N3O3/c1-26(2)17-12-13-27(26,3)23-20(17)22(31-32(23)19-11-10-16(28)14-18(19)29)24(33)30-21(25(34)35-4)15-8-6-5-7-9-15/h5-11,14,17,21H,12-13H2,1-4H3,(H,30,33)/t17?,21-,27?/m1/s1. The van der Waals surface area contributed by atoms with Crippen LogP contribution in [0.2, 0.25) is 0 Å². The van der Waals surface area contributed by atoms with Crippen LogP contribution in [-0.4, -0.2) is 28.8 Å². The zero-order valence-corrected chi connectivity index (χ0v) is 20.1. The Kier molecular flexibility index (Phi) is 5.30. The number of methoxy groups -OCH3 is 1. The summed E-state index contributed by atoms with van der Waals surface area (Å²) < 4.78 is 34.9. The fourth-order valence-corrected chi connectivity index (χ4v) is 5.96. The van der Waals surface area contributed by atoms with E-state index >= 15 is 0 Å². The van der Waals surface area contributed by atoms with Crippen LogP contribution < -0.4 is 5.32 Å². The molecule has 8 heteroatoms. The van der Waals surface area contributed by atoms with Crippen LogP contribution in [0.25, 0.3) is 5.69 Å². The first-order chi connectivity index (χ1) is 16.6. The average Bonchev–Trinajstić information content (AvgIpc) is 3.39. The van der Waals surface area contributed by atoms with E-state index in [0.29, 0.717) is 5.56 Å². The molecule has 1 fully saturated rings. The summed E-state index contributed by atoms with van der Waals surface area (Å²) in [6.07, 6.45) is 1.73. The highest BCUT2D eigenvalue weighted by atomic mass is 19.1. The minimum absolute atomic E-state index is 0.0359. The SMILES string of the molecule is COC(=O)[C@H](NC(=O)c1nn(-c2ccc(F)cc2F)c2c1C1CCC2(C)C1(C)C)c1ccccc1. The Bertz CT molecular complexity index is 1330. The van der Waals surface area contributed by atoms with E-state index in [2.05, 4.69) is 31.2 Å². The lowest BCUT2D eigenvalue weighted by molar-refractivity contribution is -0.143. The van der Waals surface area contributed by atoms with Crippen LogP contribution in [0, 0.1) is 17.0 Å². The number of carbonyl (C=O) groups is 2. The number of nitrogens with zero attached hydrogens (tertiary/aromatic N) is 2. The van der Waals surface area contributed by atoms with E-state index in [1.807, 2.05) is 6.07 Å². The fraction of sp³-hybridized carbons (Fsp3) is 0.370. The van der Waals surface area contributed by atoms with Crippen LogP contribution in [0.15, 0.2) is 48.5 Å². The lowest BCUT2D eigenvalue weighted by Crippen LogP contribution is -2.36. The van der Waals surface area contributed by atoms with Crippen LogP contribution in [0.1, 0.15) is 72.9 Å². The number of hydrogen-bond donors (Lipinski definition) is 1. The van der Waals surface area contributed by atoms with Gasteiger partial charge in [-0.15, -0.1) is 0 Å². The summed E-state index contributed by atoms with van der Waals surface area (Å²) in [5, 5.41) is 7.34. The number of carbonyl (C=O) groups excluding carboxylic acids is 2. The second-order valence-electron chi connectivity index (χ2n) is 10.1. The molecule has 1 amide bonds. The molecule has 1 N–H and O–H groups in total. The Morgan fingerprint density at radius 1 is 1.14 bits per heavy atom. The van der Waals surface area contributed by atoms with Crippen molar-refractivity contribution < 1.29 is 23.1 Å². The maximum Gasteiger partial charge on any atom is 0.333 e. The Labute approximate surface area is 202 Å². The lowest BCUT2D eigenvalue weighted by Gasteiger charge is -2.35. The highest BCUT2D eigenvalue weighted by Crippen LogP contribution is 2.68. The molecule has 2 bridgehead atoms. The van der Waals surface area contributed by atoms with Crippen molar-refractivity contribution in [2.75, 3.05) is 7.11 Å². The first-order valence-electron chi connectivity index (χ1n) is 11.6. The van der Waals surface area contributed by atoms with E-state index in [1.54, 1.807) is 24.3 Å². The predicted molar refractivity (Wildman–Crippen MR) is 125 cm³/mol. The minimum Gasteiger partial charge on any atom is -0.467 e. The number of rotatable bonds is 5.